The Labute approximate surface area is 191 Å². The van der Waals surface area contributed by atoms with Gasteiger partial charge in [0.05, 0.1) is 10.5 Å². The fourth-order valence-electron chi connectivity index (χ4n) is 3.52. The Morgan fingerprint density at radius 2 is 2.00 bits per heavy atom. The predicted molar refractivity (Wildman–Crippen MR) is 116 cm³/mol. The van der Waals surface area contributed by atoms with E-state index < -0.39 is 28.2 Å². The number of halogens is 2. The van der Waals surface area contributed by atoms with E-state index in [9.17, 15) is 23.7 Å². The first-order valence-corrected chi connectivity index (χ1v) is 10.8. The second kappa shape index (κ2) is 9.10. The SMILES string of the molecule is C[C@H]1CCN(c2cc(F)c(NC(=O)c3cc([N+](=O)[O-])ccc3Sc3nnnn3C)c(F)c2)C1. The number of nitro benzene ring substituents is 1. The molecule has 1 fully saturated rings. The number of anilines is 2. The molecular formula is C20H19F2N7O3S. The number of hydrogen-bond donors (Lipinski definition) is 1. The number of nitro groups is 1. The van der Waals surface area contributed by atoms with E-state index in [4.69, 9.17) is 0 Å². The van der Waals surface area contributed by atoms with Crippen molar-refractivity contribution in [1.29, 1.82) is 0 Å². The molecule has 4 rings (SSSR count). The molecule has 10 nitrogen and oxygen atoms in total. The van der Waals surface area contributed by atoms with Crippen molar-refractivity contribution in [3.8, 4) is 0 Å². The van der Waals surface area contributed by atoms with Crippen LogP contribution in [0.15, 0.2) is 40.4 Å². The molecule has 1 aromatic heterocycles. The number of hydrogen-bond acceptors (Lipinski definition) is 8. The van der Waals surface area contributed by atoms with Crippen LogP contribution in [-0.4, -0.2) is 44.1 Å². The number of rotatable bonds is 6. The lowest BCUT2D eigenvalue weighted by Gasteiger charge is -2.19. The Kier molecular flexibility index (Phi) is 6.22. The van der Waals surface area contributed by atoms with Crippen molar-refractivity contribution in [3.63, 3.8) is 0 Å². The van der Waals surface area contributed by atoms with E-state index in [2.05, 4.69) is 27.8 Å². The zero-order valence-electron chi connectivity index (χ0n) is 17.7. The largest absolute Gasteiger partial charge is 0.371 e. The molecule has 0 unspecified atom stereocenters. The van der Waals surface area contributed by atoms with Gasteiger partial charge in [0.1, 0.15) is 5.69 Å². The van der Waals surface area contributed by atoms with Crippen molar-refractivity contribution >= 4 is 34.7 Å². The maximum Gasteiger partial charge on any atom is 0.270 e. The number of non-ortho nitro benzene ring substituents is 1. The van der Waals surface area contributed by atoms with Crippen molar-refractivity contribution in [2.75, 3.05) is 23.3 Å². The lowest BCUT2D eigenvalue weighted by Crippen LogP contribution is -2.20. The standard InChI is InChI=1S/C20H19F2N7O3S/c1-11-5-6-28(10-11)13-8-15(21)18(16(22)9-13)23-19(30)14-7-12(29(31)32)3-4-17(14)33-20-24-25-26-27(20)2/h3-4,7-9,11H,5-6,10H2,1-2H3,(H,23,30)/t11-/m0/s1. The van der Waals surface area contributed by atoms with Gasteiger partial charge in [0.2, 0.25) is 5.16 Å². The third-order valence-electron chi connectivity index (χ3n) is 5.26. The Morgan fingerprint density at radius 3 is 2.58 bits per heavy atom. The smallest absolute Gasteiger partial charge is 0.270 e. The van der Waals surface area contributed by atoms with Crippen LogP contribution < -0.4 is 10.2 Å². The summed E-state index contributed by atoms with van der Waals surface area (Å²) in [4.78, 5) is 25.7. The van der Waals surface area contributed by atoms with Gasteiger partial charge in [-0.2, -0.15) is 0 Å². The van der Waals surface area contributed by atoms with Crippen LogP contribution in [0.5, 0.6) is 0 Å². The summed E-state index contributed by atoms with van der Waals surface area (Å²) in [6.45, 7) is 3.44. The number of aryl methyl sites for hydroxylation is 1. The monoisotopic (exact) mass is 475 g/mol. The minimum absolute atomic E-state index is 0.145. The van der Waals surface area contributed by atoms with Crippen LogP contribution in [-0.2, 0) is 7.05 Å². The van der Waals surface area contributed by atoms with Gasteiger partial charge >= 0.3 is 0 Å². The van der Waals surface area contributed by atoms with Crippen LogP contribution >= 0.6 is 11.8 Å². The molecule has 33 heavy (non-hydrogen) atoms. The zero-order valence-corrected chi connectivity index (χ0v) is 18.5. The molecule has 13 heteroatoms. The molecule has 172 valence electrons. The highest BCUT2D eigenvalue weighted by molar-refractivity contribution is 7.99. The van der Waals surface area contributed by atoms with Crippen molar-refractivity contribution in [2.24, 2.45) is 13.0 Å². The second-order valence-corrected chi connectivity index (χ2v) is 8.71. The van der Waals surface area contributed by atoms with Crippen molar-refractivity contribution < 1.29 is 18.5 Å². The van der Waals surface area contributed by atoms with Gasteiger partial charge in [0, 0.05) is 42.9 Å². The highest BCUT2D eigenvalue weighted by Gasteiger charge is 2.24. The highest BCUT2D eigenvalue weighted by Crippen LogP contribution is 2.33. The predicted octanol–water partition coefficient (Wildman–Crippen LogP) is 3.65. The zero-order chi connectivity index (χ0) is 23.7. The van der Waals surface area contributed by atoms with E-state index >= 15 is 0 Å². The summed E-state index contributed by atoms with van der Waals surface area (Å²) in [5.74, 6) is -2.36. The Bertz CT molecular complexity index is 1210. The van der Waals surface area contributed by atoms with Crippen LogP contribution in [0.2, 0.25) is 0 Å². The number of amides is 1. The molecule has 1 aliphatic heterocycles. The van der Waals surface area contributed by atoms with Gasteiger partial charge in [-0.05, 0) is 52.7 Å². The molecule has 1 atom stereocenters. The molecule has 0 bridgehead atoms. The van der Waals surface area contributed by atoms with E-state index in [0.29, 0.717) is 29.9 Å². The fraction of sp³-hybridized carbons (Fsp3) is 0.300. The van der Waals surface area contributed by atoms with Crippen molar-refractivity contribution in [1.82, 2.24) is 20.2 Å². The maximum atomic E-state index is 14.8. The molecule has 1 N–H and O–H groups in total. The normalized spacial score (nSPS) is 15.6. The summed E-state index contributed by atoms with van der Waals surface area (Å²) in [5, 5.41) is 24.8. The van der Waals surface area contributed by atoms with Crippen LogP contribution in [0.1, 0.15) is 23.7 Å². The Morgan fingerprint density at radius 1 is 1.27 bits per heavy atom. The van der Waals surface area contributed by atoms with Crippen LogP contribution in [0.4, 0.5) is 25.8 Å². The second-order valence-electron chi connectivity index (χ2n) is 7.70. The number of benzene rings is 2. The number of carbonyl (C=O) groups excluding carboxylic acids is 1. The third-order valence-corrected chi connectivity index (χ3v) is 6.36. The van der Waals surface area contributed by atoms with Crippen molar-refractivity contribution in [3.05, 3.63) is 57.6 Å². The van der Waals surface area contributed by atoms with E-state index in [0.717, 1.165) is 24.2 Å². The summed E-state index contributed by atoms with van der Waals surface area (Å²) in [5.41, 5.74) is -0.721. The molecule has 2 aromatic carbocycles. The summed E-state index contributed by atoms with van der Waals surface area (Å²) >= 11 is 0.984. The van der Waals surface area contributed by atoms with Gasteiger partial charge < -0.3 is 10.2 Å². The molecule has 1 amide bonds. The van der Waals surface area contributed by atoms with Gasteiger partial charge in [-0.15, -0.1) is 5.10 Å². The maximum absolute atomic E-state index is 14.8. The molecular weight excluding hydrogens is 456 g/mol. The average Bonchev–Trinajstić information content (AvgIpc) is 3.38. The number of aromatic nitrogens is 4. The lowest BCUT2D eigenvalue weighted by atomic mass is 10.1. The quantitative estimate of drug-likeness (QED) is 0.424. The van der Waals surface area contributed by atoms with Gasteiger partial charge in [-0.3, -0.25) is 14.9 Å². The summed E-state index contributed by atoms with van der Waals surface area (Å²) < 4.78 is 30.9. The molecule has 1 saturated heterocycles. The van der Waals surface area contributed by atoms with Gasteiger partial charge in [0.25, 0.3) is 11.6 Å². The van der Waals surface area contributed by atoms with E-state index in [1.165, 1.54) is 28.9 Å². The first-order valence-electron chi connectivity index (χ1n) is 9.97. The molecule has 0 radical (unpaired) electrons. The number of tetrazole rings is 1. The van der Waals surface area contributed by atoms with Gasteiger partial charge in [-0.1, -0.05) is 6.92 Å². The topological polar surface area (TPSA) is 119 Å². The minimum atomic E-state index is -0.935. The number of nitrogens with zero attached hydrogens (tertiary/aromatic N) is 6. The molecule has 0 spiro atoms. The van der Waals surface area contributed by atoms with E-state index in [1.807, 2.05) is 4.90 Å². The Balaban J connectivity index is 1.64. The fourth-order valence-corrected chi connectivity index (χ4v) is 4.36. The van der Waals surface area contributed by atoms with E-state index in [-0.39, 0.29) is 16.1 Å². The van der Waals surface area contributed by atoms with Crippen molar-refractivity contribution in [2.45, 2.75) is 23.4 Å². The van der Waals surface area contributed by atoms with E-state index in [1.54, 1.807) is 7.05 Å². The summed E-state index contributed by atoms with van der Waals surface area (Å²) in [6.07, 6.45) is 0.927. The third kappa shape index (κ3) is 4.77. The summed E-state index contributed by atoms with van der Waals surface area (Å²) in [6, 6.07) is 5.96. The number of carbonyl (C=O) groups is 1. The van der Waals surface area contributed by atoms with Crippen LogP contribution in [0.3, 0.4) is 0 Å². The minimum Gasteiger partial charge on any atom is -0.371 e. The average molecular weight is 475 g/mol. The molecule has 1 aliphatic rings. The highest BCUT2D eigenvalue weighted by atomic mass is 32.2. The van der Waals surface area contributed by atoms with Gasteiger partial charge in [-0.25, -0.2) is 13.5 Å². The van der Waals surface area contributed by atoms with Crippen LogP contribution in [0, 0.1) is 27.7 Å². The molecule has 0 aliphatic carbocycles. The molecule has 3 aromatic rings. The number of nitrogens with one attached hydrogen (secondary N) is 1. The van der Waals surface area contributed by atoms with Crippen LogP contribution in [0.25, 0.3) is 0 Å². The first-order chi connectivity index (χ1) is 15.7. The first kappa shape index (κ1) is 22.6. The Hall–Kier alpha value is -3.61. The lowest BCUT2D eigenvalue weighted by molar-refractivity contribution is -0.384. The van der Waals surface area contributed by atoms with Gasteiger partial charge in [0.15, 0.2) is 11.6 Å². The molecule has 0 saturated carbocycles. The summed E-state index contributed by atoms with van der Waals surface area (Å²) in [7, 11) is 1.58. The molecule has 2 heterocycles.